The normalized spacial score (nSPS) is 9.88. The Bertz CT molecular complexity index is 413. The number of hydrogen-bond donors (Lipinski definition) is 2. The number of carboxylic acids is 1. The Labute approximate surface area is 94.3 Å². The van der Waals surface area contributed by atoms with Crippen molar-refractivity contribution >= 4 is 11.9 Å². The molecular formula is C12H15NO3. The highest BCUT2D eigenvalue weighted by molar-refractivity contribution is 6.31. The maximum absolute atomic E-state index is 10.8. The Balaban J connectivity index is 2.49. The summed E-state index contributed by atoms with van der Waals surface area (Å²) in [5.41, 5.74) is 3.47. The van der Waals surface area contributed by atoms with E-state index in [1.165, 1.54) is 5.56 Å². The van der Waals surface area contributed by atoms with Gasteiger partial charge in [0.25, 0.3) is 0 Å². The van der Waals surface area contributed by atoms with Gasteiger partial charge in [-0.1, -0.05) is 23.8 Å². The molecule has 0 bridgehead atoms. The standard InChI is InChI=1S/C12H15NO3/c1-8-3-4-10(9(2)7-8)5-6-13-11(14)12(15)16/h3-4,7H,5-6H2,1-2H3,(H,13,14)(H,15,16). The zero-order valence-corrected chi connectivity index (χ0v) is 9.41. The Morgan fingerprint density at radius 1 is 1.31 bits per heavy atom. The van der Waals surface area contributed by atoms with Crippen LogP contribution in [-0.2, 0) is 16.0 Å². The van der Waals surface area contributed by atoms with Crippen molar-refractivity contribution in [2.75, 3.05) is 6.54 Å². The molecule has 1 rings (SSSR count). The molecule has 0 radical (unpaired) electrons. The first-order valence-corrected chi connectivity index (χ1v) is 5.08. The van der Waals surface area contributed by atoms with E-state index in [-0.39, 0.29) is 0 Å². The quantitative estimate of drug-likeness (QED) is 0.750. The number of amides is 1. The number of carbonyl (C=O) groups excluding carboxylic acids is 1. The molecule has 1 aromatic rings. The Morgan fingerprint density at radius 2 is 2.00 bits per heavy atom. The molecule has 0 spiro atoms. The summed E-state index contributed by atoms with van der Waals surface area (Å²) in [6, 6.07) is 6.06. The Hall–Kier alpha value is -1.84. The van der Waals surface area contributed by atoms with Gasteiger partial charge < -0.3 is 10.4 Å². The number of hydrogen-bond acceptors (Lipinski definition) is 2. The molecule has 1 aromatic carbocycles. The Morgan fingerprint density at radius 3 is 2.56 bits per heavy atom. The third-order valence-corrected chi connectivity index (χ3v) is 2.37. The number of carboxylic acid groups (broad SMARTS) is 1. The summed E-state index contributed by atoms with van der Waals surface area (Å²) < 4.78 is 0. The van der Waals surface area contributed by atoms with Crippen LogP contribution in [-0.4, -0.2) is 23.5 Å². The minimum atomic E-state index is -1.44. The van der Waals surface area contributed by atoms with E-state index in [1.54, 1.807) is 0 Å². The first-order valence-electron chi connectivity index (χ1n) is 5.08. The zero-order chi connectivity index (χ0) is 12.1. The van der Waals surface area contributed by atoms with Crippen LogP contribution < -0.4 is 5.32 Å². The second-order valence-corrected chi connectivity index (χ2v) is 3.74. The van der Waals surface area contributed by atoms with Crippen LogP contribution in [0.25, 0.3) is 0 Å². The molecule has 0 aliphatic heterocycles. The van der Waals surface area contributed by atoms with Gasteiger partial charge in [-0.05, 0) is 31.4 Å². The van der Waals surface area contributed by atoms with Crippen LogP contribution in [0.3, 0.4) is 0 Å². The molecule has 0 heterocycles. The number of carbonyl (C=O) groups is 2. The van der Waals surface area contributed by atoms with Gasteiger partial charge in [0.15, 0.2) is 0 Å². The molecule has 0 saturated carbocycles. The van der Waals surface area contributed by atoms with Gasteiger partial charge in [0, 0.05) is 6.54 Å². The number of rotatable bonds is 3. The fourth-order valence-electron chi connectivity index (χ4n) is 1.51. The summed E-state index contributed by atoms with van der Waals surface area (Å²) in [6.07, 6.45) is 0.644. The highest BCUT2D eigenvalue weighted by atomic mass is 16.4. The minimum Gasteiger partial charge on any atom is -0.474 e. The predicted molar refractivity (Wildman–Crippen MR) is 60.3 cm³/mol. The van der Waals surface area contributed by atoms with Crippen LogP contribution in [0.15, 0.2) is 18.2 Å². The van der Waals surface area contributed by atoms with E-state index in [2.05, 4.69) is 11.4 Å². The van der Waals surface area contributed by atoms with E-state index in [9.17, 15) is 9.59 Å². The molecule has 0 atom stereocenters. The molecule has 16 heavy (non-hydrogen) atoms. The smallest absolute Gasteiger partial charge is 0.394 e. The van der Waals surface area contributed by atoms with Crippen LogP contribution in [0.1, 0.15) is 16.7 Å². The molecular weight excluding hydrogens is 206 g/mol. The van der Waals surface area contributed by atoms with E-state index < -0.39 is 11.9 Å². The zero-order valence-electron chi connectivity index (χ0n) is 9.41. The second-order valence-electron chi connectivity index (χ2n) is 3.74. The average Bonchev–Trinajstić information content (AvgIpc) is 2.20. The van der Waals surface area contributed by atoms with Gasteiger partial charge in [-0.15, -0.1) is 0 Å². The van der Waals surface area contributed by atoms with Crippen LogP contribution >= 0.6 is 0 Å². The molecule has 0 aliphatic rings. The highest BCUT2D eigenvalue weighted by Crippen LogP contribution is 2.10. The van der Waals surface area contributed by atoms with Gasteiger partial charge in [0.1, 0.15) is 0 Å². The van der Waals surface area contributed by atoms with Gasteiger partial charge in [-0.3, -0.25) is 4.79 Å². The van der Waals surface area contributed by atoms with E-state index in [1.807, 2.05) is 26.0 Å². The highest BCUT2D eigenvalue weighted by Gasteiger charge is 2.09. The van der Waals surface area contributed by atoms with Crippen molar-refractivity contribution in [1.82, 2.24) is 5.32 Å². The first-order chi connectivity index (χ1) is 7.50. The monoisotopic (exact) mass is 221 g/mol. The van der Waals surface area contributed by atoms with Crippen molar-refractivity contribution in [2.24, 2.45) is 0 Å². The summed E-state index contributed by atoms with van der Waals surface area (Å²) in [7, 11) is 0. The summed E-state index contributed by atoms with van der Waals surface area (Å²) in [5.74, 6) is -2.40. The van der Waals surface area contributed by atoms with E-state index in [0.717, 1.165) is 11.1 Å². The van der Waals surface area contributed by atoms with Crippen LogP contribution in [0.2, 0.25) is 0 Å². The van der Waals surface area contributed by atoms with Gasteiger partial charge >= 0.3 is 11.9 Å². The maximum Gasteiger partial charge on any atom is 0.394 e. The molecule has 0 saturated heterocycles. The third-order valence-electron chi connectivity index (χ3n) is 2.37. The number of benzene rings is 1. The van der Waals surface area contributed by atoms with Crippen molar-refractivity contribution in [3.8, 4) is 0 Å². The number of aliphatic carboxylic acids is 1. The lowest BCUT2D eigenvalue weighted by molar-refractivity contribution is -0.150. The molecule has 0 unspecified atom stereocenters. The molecule has 0 fully saturated rings. The topological polar surface area (TPSA) is 66.4 Å². The number of nitrogens with one attached hydrogen (secondary N) is 1. The fraction of sp³-hybridized carbons (Fsp3) is 0.333. The van der Waals surface area contributed by atoms with Crippen LogP contribution in [0.5, 0.6) is 0 Å². The lowest BCUT2D eigenvalue weighted by Gasteiger charge is -2.07. The predicted octanol–water partition coefficient (Wildman–Crippen LogP) is 1.05. The van der Waals surface area contributed by atoms with E-state index in [4.69, 9.17) is 5.11 Å². The van der Waals surface area contributed by atoms with Gasteiger partial charge in [-0.25, -0.2) is 4.79 Å². The molecule has 4 nitrogen and oxygen atoms in total. The van der Waals surface area contributed by atoms with Crippen LogP contribution in [0, 0.1) is 13.8 Å². The lowest BCUT2D eigenvalue weighted by atomic mass is 10.0. The fourth-order valence-corrected chi connectivity index (χ4v) is 1.51. The molecule has 4 heteroatoms. The largest absolute Gasteiger partial charge is 0.474 e. The second kappa shape index (κ2) is 5.30. The van der Waals surface area contributed by atoms with Crippen molar-refractivity contribution in [3.63, 3.8) is 0 Å². The molecule has 86 valence electrons. The summed E-state index contributed by atoms with van der Waals surface area (Å²) >= 11 is 0. The molecule has 2 N–H and O–H groups in total. The molecule has 0 aromatic heterocycles. The molecule has 0 aliphatic carbocycles. The van der Waals surface area contributed by atoms with Crippen molar-refractivity contribution in [3.05, 3.63) is 34.9 Å². The van der Waals surface area contributed by atoms with E-state index in [0.29, 0.717) is 13.0 Å². The van der Waals surface area contributed by atoms with Gasteiger partial charge in [0.2, 0.25) is 0 Å². The first kappa shape index (κ1) is 12.2. The maximum atomic E-state index is 10.8. The Kier molecular flexibility index (Phi) is 4.05. The van der Waals surface area contributed by atoms with Gasteiger partial charge in [-0.2, -0.15) is 0 Å². The third kappa shape index (κ3) is 3.38. The van der Waals surface area contributed by atoms with Gasteiger partial charge in [0.05, 0.1) is 0 Å². The SMILES string of the molecule is Cc1ccc(CCNC(=O)C(=O)O)c(C)c1. The summed E-state index contributed by atoms with van der Waals surface area (Å²) in [4.78, 5) is 21.0. The number of aryl methyl sites for hydroxylation is 2. The minimum absolute atomic E-state index is 0.342. The molecule has 1 amide bonds. The average molecular weight is 221 g/mol. The van der Waals surface area contributed by atoms with Crippen LogP contribution in [0.4, 0.5) is 0 Å². The summed E-state index contributed by atoms with van der Waals surface area (Å²) in [6.45, 7) is 4.36. The summed E-state index contributed by atoms with van der Waals surface area (Å²) in [5, 5.41) is 10.7. The lowest BCUT2D eigenvalue weighted by Crippen LogP contribution is -2.32. The van der Waals surface area contributed by atoms with Crippen molar-refractivity contribution in [1.29, 1.82) is 0 Å². The van der Waals surface area contributed by atoms with E-state index >= 15 is 0 Å². The van der Waals surface area contributed by atoms with Crippen molar-refractivity contribution in [2.45, 2.75) is 20.3 Å². The van der Waals surface area contributed by atoms with Crippen molar-refractivity contribution < 1.29 is 14.7 Å².